The summed E-state index contributed by atoms with van der Waals surface area (Å²) in [6.07, 6.45) is 3.08. The molecule has 3 rings (SSSR count). The average Bonchev–Trinajstić information content (AvgIpc) is 2.95. The minimum Gasteiger partial charge on any atom is -0.351 e. The van der Waals surface area contributed by atoms with Crippen LogP contribution in [-0.4, -0.2) is 54.5 Å². The monoisotopic (exact) mass is 331 g/mol. The van der Waals surface area contributed by atoms with Crippen LogP contribution in [0.2, 0.25) is 0 Å². The number of hydrogen-bond acceptors (Lipinski definition) is 3. The lowest BCUT2D eigenvalue weighted by molar-refractivity contribution is -0.124. The summed E-state index contributed by atoms with van der Waals surface area (Å²) in [5.41, 5.74) is 0. The van der Waals surface area contributed by atoms with Gasteiger partial charge in [-0.3, -0.25) is 15.0 Å². The van der Waals surface area contributed by atoms with Crippen molar-refractivity contribution in [1.29, 1.82) is 0 Å². The third kappa shape index (κ3) is 4.16. The fraction of sp³-hybridized carbons (Fsp3) is 0.917. The van der Waals surface area contributed by atoms with Crippen molar-refractivity contribution >= 4 is 30.7 Å². The summed E-state index contributed by atoms with van der Waals surface area (Å²) in [4.78, 5) is 14.2. The van der Waals surface area contributed by atoms with Crippen LogP contribution in [0.15, 0.2) is 0 Å². The third-order valence-electron chi connectivity index (χ3n) is 4.06. The summed E-state index contributed by atoms with van der Waals surface area (Å²) >= 11 is 0. The predicted molar refractivity (Wildman–Crippen MR) is 77.0 cm³/mol. The second-order valence-corrected chi connectivity index (χ2v) is 5.71. The van der Waals surface area contributed by atoms with Crippen molar-refractivity contribution in [3.05, 3.63) is 0 Å². The molecule has 3 fully saturated rings. The smallest absolute Gasteiger partial charge is 0.262 e. The Morgan fingerprint density at radius 3 is 2.50 bits per heavy atom. The number of hydrogen-bond donors (Lipinski definition) is 2. The zero-order chi connectivity index (χ0) is 12.8. The molecule has 2 aliphatic heterocycles. The SMILES string of the molecule is Cl.Cl.O=C(NC1CCN(C2CC2)C1)C1CC(F)(F)CN1. The number of amides is 1. The maximum absolute atomic E-state index is 13.0. The molecule has 118 valence electrons. The van der Waals surface area contributed by atoms with Crippen LogP contribution in [0, 0.1) is 0 Å². The Morgan fingerprint density at radius 1 is 1.25 bits per heavy atom. The van der Waals surface area contributed by atoms with Crippen LogP contribution in [0.1, 0.15) is 25.7 Å². The highest BCUT2D eigenvalue weighted by Gasteiger charge is 2.43. The number of halogens is 4. The highest BCUT2D eigenvalue weighted by atomic mass is 35.5. The molecule has 0 spiro atoms. The van der Waals surface area contributed by atoms with E-state index in [2.05, 4.69) is 15.5 Å². The highest BCUT2D eigenvalue weighted by molar-refractivity contribution is 5.85. The maximum atomic E-state index is 13.0. The minimum atomic E-state index is -2.74. The standard InChI is InChI=1S/C12H19F2N3O.2ClH/c13-12(14)5-10(15-7-12)11(18)16-8-3-4-17(6-8)9-1-2-9;;/h8-10,15H,1-7H2,(H,16,18);2*1H. The summed E-state index contributed by atoms with van der Waals surface area (Å²) in [5, 5.41) is 5.49. The molecule has 2 heterocycles. The molecule has 1 aliphatic carbocycles. The molecule has 4 nitrogen and oxygen atoms in total. The lowest BCUT2D eigenvalue weighted by atomic mass is 10.1. The van der Waals surface area contributed by atoms with Crippen molar-refractivity contribution in [3.63, 3.8) is 0 Å². The van der Waals surface area contributed by atoms with Crippen LogP contribution in [-0.2, 0) is 4.79 Å². The van der Waals surface area contributed by atoms with E-state index in [1.807, 2.05) is 0 Å². The number of nitrogens with one attached hydrogen (secondary N) is 2. The molecule has 0 radical (unpaired) electrons. The van der Waals surface area contributed by atoms with E-state index in [4.69, 9.17) is 0 Å². The fourth-order valence-electron chi connectivity index (χ4n) is 2.88. The van der Waals surface area contributed by atoms with Gasteiger partial charge < -0.3 is 5.32 Å². The van der Waals surface area contributed by atoms with Crippen molar-refractivity contribution in [1.82, 2.24) is 15.5 Å². The zero-order valence-corrected chi connectivity index (χ0v) is 12.7. The summed E-state index contributed by atoms with van der Waals surface area (Å²) in [5.74, 6) is -3.01. The Balaban J connectivity index is 0.000001000. The molecule has 2 N–H and O–H groups in total. The normalized spacial score (nSPS) is 32.3. The second kappa shape index (κ2) is 6.73. The Bertz CT molecular complexity index is 356. The molecule has 0 aromatic heterocycles. The number of nitrogens with zero attached hydrogens (tertiary/aromatic N) is 1. The third-order valence-corrected chi connectivity index (χ3v) is 4.06. The van der Waals surface area contributed by atoms with Crippen LogP contribution >= 0.6 is 24.8 Å². The Kier molecular flexibility index (Phi) is 6.01. The molecule has 20 heavy (non-hydrogen) atoms. The summed E-state index contributed by atoms with van der Waals surface area (Å²) in [7, 11) is 0. The fourth-order valence-corrected chi connectivity index (χ4v) is 2.88. The first kappa shape index (κ1) is 17.9. The largest absolute Gasteiger partial charge is 0.351 e. The van der Waals surface area contributed by atoms with Crippen molar-refractivity contribution in [2.75, 3.05) is 19.6 Å². The molecule has 8 heteroatoms. The molecule has 1 amide bonds. The van der Waals surface area contributed by atoms with Gasteiger partial charge in [0.1, 0.15) is 0 Å². The Labute approximate surface area is 129 Å². The Morgan fingerprint density at radius 2 is 1.95 bits per heavy atom. The van der Waals surface area contributed by atoms with Gasteiger partial charge in [-0.05, 0) is 19.3 Å². The first-order valence-electron chi connectivity index (χ1n) is 6.69. The highest BCUT2D eigenvalue weighted by Crippen LogP contribution is 2.30. The van der Waals surface area contributed by atoms with Gasteiger partial charge in [0.15, 0.2) is 0 Å². The van der Waals surface area contributed by atoms with Gasteiger partial charge >= 0.3 is 0 Å². The zero-order valence-electron chi connectivity index (χ0n) is 11.1. The lowest BCUT2D eigenvalue weighted by Gasteiger charge is -2.18. The van der Waals surface area contributed by atoms with Crippen LogP contribution in [0.25, 0.3) is 0 Å². The van der Waals surface area contributed by atoms with Crippen molar-refractivity contribution in [2.24, 2.45) is 0 Å². The van der Waals surface area contributed by atoms with E-state index in [1.165, 1.54) is 12.8 Å². The number of rotatable bonds is 3. The molecule has 2 unspecified atom stereocenters. The van der Waals surface area contributed by atoms with Gasteiger partial charge in [-0.1, -0.05) is 0 Å². The first-order chi connectivity index (χ1) is 8.53. The van der Waals surface area contributed by atoms with E-state index in [0.717, 1.165) is 19.5 Å². The van der Waals surface area contributed by atoms with E-state index >= 15 is 0 Å². The van der Waals surface area contributed by atoms with Gasteiger partial charge in [-0.15, -0.1) is 24.8 Å². The summed E-state index contributed by atoms with van der Waals surface area (Å²) in [6, 6.07) is 0.116. The quantitative estimate of drug-likeness (QED) is 0.816. The molecule has 3 aliphatic rings. The summed E-state index contributed by atoms with van der Waals surface area (Å²) in [6.45, 7) is 1.51. The van der Waals surface area contributed by atoms with E-state index in [1.54, 1.807) is 0 Å². The molecule has 0 aromatic rings. The van der Waals surface area contributed by atoms with Crippen molar-refractivity contribution in [3.8, 4) is 0 Å². The second-order valence-electron chi connectivity index (χ2n) is 5.71. The molecule has 2 atom stereocenters. The lowest BCUT2D eigenvalue weighted by Crippen LogP contribution is -2.46. The van der Waals surface area contributed by atoms with Gasteiger partial charge in [0.2, 0.25) is 5.91 Å². The summed E-state index contributed by atoms with van der Waals surface area (Å²) < 4.78 is 26.0. The van der Waals surface area contributed by atoms with E-state index < -0.39 is 12.0 Å². The van der Waals surface area contributed by atoms with Gasteiger partial charge in [0.25, 0.3) is 5.92 Å². The predicted octanol–water partition coefficient (Wildman–Crippen LogP) is 1.18. The molecular formula is C12H21Cl2F2N3O. The molecule has 0 bridgehead atoms. The van der Waals surface area contributed by atoms with Crippen molar-refractivity contribution < 1.29 is 13.6 Å². The van der Waals surface area contributed by atoms with E-state index in [9.17, 15) is 13.6 Å². The van der Waals surface area contributed by atoms with Crippen LogP contribution < -0.4 is 10.6 Å². The molecule has 0 aromatic carbocycles. The van der Waals surface area contributed by atoms with Crippen molar-refractivity contribution in [2.45, 2.75) is 49.7 Å². The van der Waals surface area contributed by atoms with Crippen LogP contribution in [0.4, 0.5) is 8.78 Å². The van der Waals surface area contributed by atoms with Crippen LogP contribution in [0.5, 0.6) is 0 Å². The number of carbonyl (C=O) groups excluding carboxylic acids is 1. The number of carbonyl (C=O) groups is 1. The first-order valence-corrected chi connectivity index (χ1v) is 6.69. The van der Waals surface area contributed by atoms with Gasteiger partial charge in [-0.2, -0.15) is 0 Å². The average molecular weight is 332 g/mol. The Hall–Kier alpha value is -0.170. The van der Waals surface area contributed by atoms with E-state index in [0.29, 0.717) is 6.04 Å². The molecular weight excluding hydrogens is 311 g/mol. The van der Waals surface area contributed by atoms with Gasteiger partial charge in [-0.25, -0.2) is 8.78 Å². The number of alkyl halides is 2. The van der Waals surface area contributed by atoms with Gasteiger partial charge in [0.05, 0.1) is 12.6 Å². The molecule has 1 saturated carbocycles. The van der Waals surface area contributed by atoms with Crippen LogP contribution in [0.3, 0.4) is 0 Å². The van der Waals surface area contributed by atoms with E-state index in [-0.39, 0.29) is 49.7 Å². The molecule has 2 saturated heterocycles. The minimum absolute atomic E-state index is 0. The maximum Gasteiger partial charge on any atom is 0.262 e. The van der Waals surface area contributed by atoms with Gasteiger partial charge in [0, 0.05) is 31.6 Å². The topological polar surface area (TPSA) is 44.4 Å². The number of likely N-dealkylation sites (tertiary alicyclic amines) is 1.